The van der Waals surface area contributed by atoms with Crippen LogP contribution in [0.5, 0.6) is 0 Å². The van der Waals surface area contributed by atoms with Crippen LogP contribution in [0, 0.1) is 26.6 Å². The highest BCUT2D eigenvalue weighted by Gasteiger charge is 2.10. The van der Waals surface area contributed by atoms with E-state index in [1.165, 1.54) is 12.1 Å². The lowest BCUT2D eigenvalue weighted by Crippen LogP contribution is -2.01. The molecule has 0 unspecified atom stereocenters. The van der Waals surface area contributed by atoms with Gasteiger partial charge in [0, 0.05) is 11.3 Å². The molecule has 0 radical (unpaired) electrons. The molecule has 0 fully saturated rings. The van der Waals surface area contributed by atoms with Crippen LogP contribution in [0.1, 0.15) is 27.3 Å². The van der Waals surface area contributed by atoms with E-state index in [1.54, 1.807) is 10.7 Å². The minimum Gasteiger partial charge on any atom is -0.298 e. The molecule has 1 aromatic heterocycles. The van der Waals surface area contributed by atoms with Gasteiger partial charge in [-0.3, -0.25) is 4.79 Å². The van der Waals surface area contributed by atoms with Crippen molar-refractivity contribution in [3.05, 3.63) is 46.5 Å². The van der Waals surface area contributed by atoms with Gasteiger partial charge in [-0.25, -0.2) is 9.07 Å². The number of rotatable bonds is 2. The van der Waals surface area contributed by atoms with Gasteiger partial charge in [0.25, 0.3) is 0 Å². The number of hydrogen-bond donors (Lipinski definition) is 0. The number of aromatic nitrogens is 2. The maximum absolute atomic E-state index is 13.3. The second-order valence-corrected chi connectivity index (χ2v) is 4.07. The predicted molar refractivity (Wildman–Crippen MR) is 63.1 cm³/mol. The molecule has 17 heavy (non-hydrogen) atoms. The summed E-state index contributed by atoms with van der Waals surface area (Å²) in [7, 11) is 0. The summed E-state index contributed by atoms with van der Waals surface area (Å²) in [5.41, 5.74) is 3.80. The van der Waals surface area contributed by atoms with Crippen molar-refractivity contribution in [2.75, 3.05) is 0 Å². The summed E-state index contributed by atoms with van der Waals surface area (Å²) in [6.07, 6.45) is 0.630. The number of aryl methyl sites for hydroxylation is 1. The summed E-state index contributed by atoms with van der Waals surface area (Å²) in [6.45, 7) is 5.79. The quantitative estimate of drug-likeness (QED) is 0.746. The molecule has 4 heteroatoms. The Morgan fingerprint density at radius 2 is 1.94 bits per heavy atom. The van der Waals surface area contributed by atoms with Crippen molar-refractivity contribution in [2.24, 2.45) is 0 Å². The van der Waals surface area contributed by atoms with Crippen LogP contribution in [0.25, 0.3) is 5.69 Å². The minimum absolute atomic E-state index is 0.310. The van der Waals surface area contributed by atoms with Gasteiger partial charge in [0.05, 0.1) is 11.4 Å². The van der Waals surface area contributed by atoms with Crippen LogP contribution in [0.15, 0.2) is 18.2 Å². The first kappa shape index (κ1) is 11.5. The van der Waals surface area contributed by atoms with Crippen molar-refractivity contribution in [3.63, 3.8) is 0 Å². The number of hydrogen-bond acceptors (Lipinski definition) is 2. The molecule has 0 spiro atoms. The van der Waals surface area contributed by atoms with Crippen molar-refractivity contribution in [3.8, 4) is 5.69 Å². The molecule has 0 amide bonds. The Hall–Kier alpha value is -1.97. The molecule has 0 atom stereocenters. The van der Waals surface area contributed by atoms with Gasteiger partial charge in [-0.1, -0.05) is 0 Å². The Morgan fingerprint density at radius 3 is 2.47 bits per heavy atom. The number of halogens is 1. The summed E-state index contributed by atoms with van der Waals surface area (Å²) < 4.78 is 15.0. The molecule has 0 saturated heterocycles. The average Bonchev–Trinajstić information content (AvgIpc) is 2.56. The Morgan fingerprint density at radius 1 is 1.24 bits per heavy atom. The number of carbonyl (C=O) groups is 1. The van der Waals surface area contributed by atoms with Gasteiger partial charge in [0.15, 0.2) is 0 Å². The van der Waals surface area contributed by atoms with E-state index in [9.17, 15) is 9.18 Å². The monoisotopic (exact) mass is 232 g/mol. The Labute approximate surface area is 98.9 Å². The third-order valence-electron chi connectivity index (χ3n) is 2.94. The van der Waals surface area contributed by atoms with Crippen LogP contribution in [0.2, 0.25) is 0 Å². The van der Waals surface area contributed by atoms with E-state index in [1.807, 2.05) is 20.8 Å². The van der Waals surface area contributed by atoms with E-state index in [4.69, 9.17) is 0 Å². The van der Waals surface area contributed by atoms with Gasteiger partial charge in [-0.15, -0.1) is 0 Å². The summed E-state index contributed by atoms with van der Waals surface area (Å²) in [4.78, 5) is 10.7. The number of aldehydes is 1. The van der Waals surface area contributed by atoms with Crippen LogP contribution >= 0.6 is 0 Å². The standard InChI is InChI=1S/C13H13FN2O/c1-8-9(2)15-16(10(8)3)13-5-11(7-17)4-12(14)6-13/h4-7H,1-3H3. The fourth-order valence-corrected chi connectivity index (χ4v) is 1.76. The van der Waals surface area contributed by atoms with Crippen molar-refractivity contribution in [1.29, 1.82) is 0 Å². The molecule has 2 aromatic rings. The minimum atomic E-state index is -0.435. The van der Waals surface area contributed by atoms with Gasteiger partial charge in [0.2, 0.25) is 0 Å². The first-order valence-corrected chi connectivity index (χ1v) is 5.32. The molecule has 0 bridgehead atoms. The topological polar surface area (TPSA) is 34.9 Å². The molecule has 1 heterocycles. The lowest BCUT2D eigenvalue weighted by Gasteiger charge is -2.05. The van der Waals surface area contributed by atoms with E-state index in [-0.39, 0.29) is 0 Å². The van der Waals surface area contributed by atoms with Crippen molar-refractivity contribution >= 4 is 6.29 Å². The van der Waals surface area contributed by atoms with Gasteiger partial charge in [-0.2, -0.15) is 5.10 Å². The van der Waals surface area contributed by atoms with Crippen LogP contribution in [-0.4, -0.2) is 16.1 Å². The molecule has 0 aliphatic heterocycles. The highest BCUT2D eigenvalue weighted by molar-refractivity contribution is 5.76. The van der Waals surface area contributed by atoms with Crippen molar-refractivity contribution < 1.29 is 9.18 Å². The first-order chi connectivity index (χ1) is 8.02. The molecular weight excluding hydrogens is 219 g/mol. The van der Waals surface area contributed by atoms with E-state index >= 15 is 0 Å². The maximum atomic E-state index is 13.3. The summed E-state index contributed by atoms with van der Waals surface area (Å²) >= 11 is 0. The SMILES string of the molecule is Cc1nn(-c2cc(F)cc(C=O)c2)c(C)c1C. The van der Waals surface area contributed by atoms with Crippen molar-refractivity contribution in [1.82, 2.24) is 9.78 Å². The summed E-state index contributed by atoms with van der Waals surface area (Å²) in [5.74, 6) is -0.435. The molecule has 88 valence electrons. The van der Waals surface area contributed by atoms with Gasteiger partial charge in [0.1, 0.15) is 12.1 Å². The molecule has 0 N–H and O–H groups in total. The second kappa shape index (κ2) is 4.13. The zero-order chi connectivity index (χ0) is 12.6. The first-order valence-electron chi connectivity index (χ1n) is 5.32. The molecule has 0 aliphatic carbocycles. The molecule has 0 saturated carbocycles. The predicted octanol–water partition coefficient (Wildman–Crippen LogP) is 2.75. The molecular formula is C13H13FN2O. The second-order valence-electron chi connectivity index (χ2n) is 4.07. The summed E-state index contributed by atoms with van der Waals surface area (Å²) in [5, 5.41) is 4.33. The summed E-state index contributed by atoms with van der Waals surface area (Å²) in [6, 6.07) is 4.19. The Bertz CT molecular complexity index is 587. The number of benzene rings is 1. The lowest BCUT2D eigenvalue weighted by molar-refractivity contribution is 0.112. The van der Waals surface area contributed by atoms with E-state index in [0.29, 0.717) is 17.5 Å². The van der Waals surface area contributed by atoms with Crippen LogP contribution in [0.4, 0.5) is 4.39 Å². The zero-order valence-electron chi connectivity index (χ0n) is 9.99. The molecule has 1 aromatic carbocycles. The Balaban J connectivity index is 2.63. The van der Waals surface area contributed by atoms with E-state index in [2.05, 4.69) is 5.10 Å². The maximum Gasteiger partial charge on any atom is 0.150 e. The zero-order valence-corrected chi connectivity index (χ0v) is 9.99. The fourth-order valence-electron chi connectivity index (χ4n) is 1.76. The van der Waals surface area contributed by atoms with Crippen LogP contribution in [0.3, 0.4) is 0 Å². The van der Waals surface area contributed by atoms with Gasteiger partial charge < -0.3 is 0 Å². The van der Waals surface area contributed by atoms with Gasteiger partial charge in [-0.05, 0) is 44.5 Å². The lowest BCUT2D eigenvalue weighted by atomic mass is 10.2. The number of nitrogens with zero attached hydrogens (tertiary/aromatic N) is 2. The van der Waals surface area contributed by atoms with E-state index in [0.717, 1.165) is 17.0 Å². The van der Waals surface area contributed by atoms with Gasteiger partial charge >= 0.3 is 0 Å². The van der Waals surface area contributed by atoms with Crippen LogP contribution < -0.4 is 0 Å². The highest BCUT2D eigenvalue weighted by atomic mass is 19.1. The van der Waals surface area contributed by atoms with Crippen LogP contribution in [-0.2, 0) is 0 Å². The fraction of sp³-hybridized carbons (Fsp3) is 0.231. The Kier molecular flexibility index (Phi) is 2.79. The van der Waals surface area contributed by atoms with E-state index < -0.39 is 5.82 Å². The molecule has 2 rings (SSSR count). The molecule has 0 aliphatic rings. The largest absolute Gasteiger partial charge is 0.298 e. The third-order valence-corrected chi connectivity index (χ3v) is 2.94. The highest BCUT2D eigenvalue weighted by Crippen LogP contribution is 2.18. The average molecular weight is 232 g/mol. The number of carbonyl (C=O) groups excluding carboxylic acids is 1. The molecule has 3 nitrogen and oxygen atoms in total. The van der Waals surface area contributed by atoms with Crippen molar-refractivity contribution in [2.45, 2.75) is 20.8 Å². The smallest absolute Gasteiger partial charge is 0.150 e. The normalized spacial score (nSPS) is 10.6. The third kappa shape index (κ3) is 1.98.